The van der Waals surface area contributed by atoms with Crippen LogP contribution in [-0.2, 0) is 0 Å². The fourth-order valence-electron chi connectivity index (χ4n) is 14.2. The van der Waals surface area contributed by atoms with Crippen molar-refractivity contribution in [3.63, 3.8) is 0 Å². The Morgan fingerprint density at radius 2 is 0.901 bits per heavy atom. The third-order valence-corrected chi connectivity index (χ3v) is 17.7. The smallest absolute Gasteiger partial charge is 0.256 e. The predicted octanol–water partition coefficient (Wildman–Crippen LogP) is 16.9. The Bertz CT molecular complexity index is 5600. The van der Waals surface area contributed by atoms with E-state index in [-0.39, 0.29) is 6.71 Å². The number of nitrogens with zero attached hydrogens (tertiary/aromatic N) is 4. The Morgan fingerprint density at radius 1 is 0.358 bits per heavy atom. The van der Waals surface area contributed by atoms with E-state index >= 15 is 0 Å². The van der Waals surface area contributed by atoms with Gasteiger partial charge in [-0.05, 0) is 142 Å². The second-order valence-electron chi connectivity index (χ2n) is 21.8. The molecule has 0 atom stereocenters. The molecule has 81 heavy (non-hydrogen) atoms. The minimum absolute atomic E-state index is 0.215. The maximum atomic E-state index is 9.85. The van der Waals surface area contributed by atoms with Crippen molar-refractivity contribution in [1.82, 2.24) is 13.7 Å². The zero-order valence-electron chi connectivity index (χ0n) is 43.1. The van der Waals surface area contributed by atoms with E-state index < -0.39 is 0 Å². The van der Waals surface area contributed by atoms with Gasteiger partial charge in [-0.2, -0.15) is 5.26 Å². The summed E-state index contributed by atoms with van der Waals surface area (Å²) < 4.78 is 29.1. The number of furan rings is 2. The first-order chi connectivity index (χ1) is 40.1. The minimum Gasteiger partial charge on any atom is -0.458 e. The number of hydrogen-bond acceptors (Lipinski definition) is 4. The summed E-state index contributed by atoms with van der Waals surface area (Å²) in [7, 11) is 0. The molecule has 2 aliphatic heterocycles. The van der Waals surface area contributed by atoms with E-state index in [1.807, 2.05) is 24.3 Å². The topological polar surface area (TPSA) is 74.1 Å². The van der Waals surface area contributed by atoms with Crippen molar-refractivity contribution in [2.45, 2.75) is 0 Å². The molecular formula is C73H39BN4O3. The first kappa shape index (κ1) is 43.0. The van der Waals surface area contributed by atoms with Gasteiger partial charge in [0.1, 0.15) is 33.8 Å². The molecule has 372 valence electrons. The van der Waals surface area contributed by atoms with Crippen molar-refractivity contribution in [3.8, 4) is 56.9 Å². The van der Waals surface area contributed by atoms with Gasteiger partial charge in [-0.1, -0.05) is 133 Å². The van der Waals surface area contributed by atoms with Gasteiger partial charge in [0.05, 0.1) is 55.5 Å². The van der Waals surface area contributed by atoms with Crippen LogP contribution in [0, 0.1) is 11.3 Å². The van der Waals surface area contributed by atoms with Crippen LogP contribution in [-0.4, -0.2) is 20.4 Å². The van der Waals surface area contributed by atoms with Crippen molar-refractivity contribution >= 4 is 132 Å². The van der Waals surface area contributed by atoms with Gasteiger partial charge in [0.25, 0.3) is 6.71 Å². The van der Waals surface area contributed by atoms with Crippen molar-refractivity contribution in [1.29, 1.82) is 5.26 Å². The lowest BCUT2D eigenvalue weighted by Gasteiger charge is -2.34. The van der Waals surface area contributed by atoms with E-state index in [1.165, 1.54) is 21.5 Å². The van der Waals surface area contributed by atoms with Crippen LogP contribution in [0.25, 0.3) is 149 Å². The van der Waals surface area contributed by atoms with Crippen LogP contribution in [0.5, 0.6) is 11.5 Å². The average molecular weight is 1030 g/mol. The molecule has 2 aliphatic rings. The highest BCUT2D eigenvalue weighted by Crippen LogP contribution is 2.48. The van der Waals surface area contributed by atoms with E-state index in [0.717, 1.165) is 155 Å². The van der Waals surface area contributed by atoms with E-state index in [4.69, 9.17) is 13.6 Å². The van der Waals surface area contributed by atoms with Gasteiger partial charge >= 0.3 is 0 Å². The fraction of sp³-hybridized carbons (Fsp3) is 0. The first-order valence-electron chi connectivity index (χ1n) is 27.5. The summed E-state index contributed by atoms with van der Waals surface area (Å²) in [6.45, 7) is -0.215. The Morgan fingerprint density at radius 3 is 1.52 bits per heavy atom. The van der Waals surface area contributed by atoms with Crippen LogP contribution in [0.15, 0.2) is 245 Å². The molecule has 0 aliphatic carbocycles. The molecular weight excluding hydrogens is 992 g/mol. The Hall–Kier alpha value is -11.0. The van der Waals surface area contributed by atoms with Crippen LogP contribution in [0.1, 0.15) is 5.56 Å². The number of aromatic nitrogens is 3. The number of para-hydroxylation sites is 4. The second kappa shape index (κ2) is 15.6. The summed E-state index contributed by atoms with van der Waals surface area (Å²) in [4.78, 5) is 0. The number of hydrogen-bond donors (Lipinski definition) is 0. The molecule has 19 rings (SSSR count). The molecule has 0 saturated heterocycles. The van der Waals surface area contributed by atoms with E-state index in [9.17, 15) is 5.26 Å². The number of ether oxygens (including phenoxy) is 1. The summed E-state index contributed by atoms with van der Waals surface area (Å²) >= 11 is 0. The maximum Gasteiger partial charge on any atom is 0.256 e. The SMILES string of the molecule is N#Cc1ccc(-c2cc3c4c(c2)-n2c5ccc6c7cc(-n8c9ccccc9c9ccccc98)ccc7oc6c5c5c6oc7ccc(-n8c9ccccc9c9ccccc98)cc7c6cc(c52)B4c2ccc(-c4ccccc4)cc2O3)cc1. The summed E-state index contributed by atoms with van der Waals surface area (Å²) in [6, 6.07) is 86.8. The normalized spacial score (nSPS) is 12.8. The van der Waals surface area contributed by atoms with Crippen molar-refractivity contribution in [2.24, 2.45) is 0 Å². The molecule has 0 unspecified atom stereocenters. The third-order valence-electron chi connectivity index (χ3n) is 17.7. The third kappa shape index (κ3) is 5.70. The molecule has 0 N–H and O–H groups in total. The van der Waals surface area contributed by atoms with E-state index in [2.05, 4.69) is 232 Å². The summed E-state index contributed by atoms with van der Waals surface area (Å²) in [5.74, 6) is 1.61. The number of nitriles is 1. The highest BCUT2D eigenvalue weighted by Gasteiger charge is 2.42. The van der Waals surface area contributed by atoms with Crippen molar-refractivity contribution in [3.05, 3.63) is 242 Å². The molecule has 0 radical (unpaired) electrons. The quantitative estimate of drug-likeness (QED) is 0.165. The molecule has 0 fully saturated rings. The highest BCUT2D eigenvalue weighted by atomic mass is 16.5. The monoisotopic (exact) mass is 1030 g/mol. The zero-order chi connectivity index (χ0) is 52.8. The van der Waals surface area contributed by atoms with Crippen LogP contribution in [0.4, 0.5) is 0 Å². The molecule has 7 heterocycles. The van der Waals surface area contributed by atoms with Gasteiger partial charge in [-0.3, -0.25) is 0 Å². The van der Waals surface area contributed by atoms with Gasteiger partial charge < -0.3 is 27.3 Å². The molecule has 8 heteroatoms. The number of rotatable bonds is 4. The lowest BCUT2D eigenvalue weighted by molar-refractivity contribution is 0.487. The summed E-state index contributed by atoms with van der Waals surface area (Å²) in [6.07, 6.45) is 0. The number of fused-ring (bicyclic) bond motifs is 21. The lowest BCUT2D eigenvalue weighted by Crippen LogP contribution is -2.58. The molecule has 0 spiro atoms. The molecule has 0 saturated carbocycles. The van der Waals surface area contributed by atoms with Crippen LogP contribution in [0.3, 0.4) is 0 Å². The van der Waals surface area contributed by atoms with E-state index in [0.29, 0.717) is 5.56 Å². The van der Waals surface area contributed by atoms with Crippen LogP contribution >= 0.6 is 0 Å². The number of benzene rings is 12. The fourth-order valence-corrected chi connectivity index (χ4v) is 14.2. The van der Waals surface area contributed by atoms with Gasteiger partial charge in [0.15, 0.2) is 0 Å². The standard InChI is InChI=1S/C73H39BN4O3/c75-40-41-22-24-43(25-23-41)45-34-63-70-67(36-45)79-66-35-44(42-12-2-1-3-13-42)26-30-56(66)74(70)57-39-55-54-38-47(77-60-20-10-6-16-50(60)51-17-7-11-21-61(51)77)28-33-65(54)81-73(55)69-68-62(78(63)71(57)69)31-29-52-53-37-46(27-32-64(53)80-72(52)68)76-58-18-8-4-14-48(58)49-15-5-9-19-59(49)76/h1-39H. The highest BCUT2D eigenvalue weighted by molar-refractivity contribution is 6.99. The molecule has 0 bridgehead atoms. The maximum absolute atomic E-state index is 9.85. The molecule has 5 aromatic heterocycles. The Labute approximate surface area is 461 Å². The van der Waals surface area contributed by atoms with Crippen LogP contribution < -0.4 is 21.1 Å². The lowest BCUT2D eigenvalue weighted by atomic mass is 9.34. The zero-order valence-corrected chi connectivity index (χ0v) is 43.1. The minimum atomic E-state index is -0.215. The molecule has 12 aromatic carbocycles. The van der Waals surface area contributed by atoms with Crippen molar-refractivity contribution in [2.75, 3.05) is 0 Å². The van der Waals surface area contributed by atoms with Gasteiger partial charge in [0, 0.05) is 60.2 Å². The first-order valence-corrected chi connectivity index (χ1v) is 27.5. The predicted molar refractivity (Wildman–Crippen MR) is 331 cm³/mol. The summed E-state index contributed by atoms with van der Waals surface area (Å²) in [5.41, 5.74) is 21.2. The van der Waals surface area contributed by atoms with Crippen LogP contribution in [0.2, 0.25) is 0 Å². The van der Waals surface area contributed by atoms with Gasteiger partial charge in [-0.15, -0.1) is 0 Å². The summed E-state index contributed by atoms with van der Waals surface area (Å²) in [5, 5.41) is 20.8. The van der Waals surface area contributed by atoms with E-state index in [1.54, 1.807) is 0 Å². The van der Waals surface area contributed by atoms with Crippen molar-refractivity contribution < 1.29 is 13.6 Å². The molecule has 17 aromatic rings. The molecule has 7 nitrogen and oxygen atoms in total. The second-order valence-corrected chi connectivity index (χ2v) is 21.8. The van der Waals surface area contributed by atoms with Gasteiger partial charge in [-0.25, -0.2) is 0 Å². The molecule has 0 amide bonds. The van der Waals surface area contributed by atoms with Gasteiger partial charge in [0.2, 0.25) is 0 Å². The Balaban J connectivity index is 0.943. The Kier molecular flexibility index (Phi) is 8.29. The average Bonchev–Trinajstić information content (AvgIpc) is 2.44. The largest absolute Gasteiger partial charge is 0.458 e.